The van der Waals surface area contributed by atoms with E-state index in [4.69, 9.17) is 6.42 Å². The minimum Gasteiger partial charge on any atom is -0.300 e. The van der Waals surface area contributed by atoms with Gasteiger partial charge in [0.15, 0.2) is 5.16 Å². The van der Waals surface area contributed by atoms with E-state index in [-0.39, 0.29) is 11.1 Å². The van der Waals surface area contributed by atoms with Gasteiger partial charge in [0.05, 0.1) is 5.69 Å². The fourth-order valence-electron chi connectivity index (χ4n) is 2.45. The van der Waals surface area contributed by atoms with Crippen molar-refractivity contribution in [3.8, 4) is 23.6 Å². The van der Waals surface area contributed by atoms with Gasteiger partial charge in [0.1, 0.15) is 5.56 Å². The van der Waals surface area contributed by atoms with Gasteiger partial charge in [-0.3, -0.25) is 4.79 Å². The number of thioether (sulfide) groups is 1. The first-order valence-corrected chi connectivity index (χ1v) is 9.41. The van der Waals surface area contributed by atoms with E-state index >= 15 is 0 Å². The Morgan fingerprint density at radius 3 is 2.64 bits per heavy atom. The number of terminal acetylenes is 1. The van der Waals surface area contributed by atoms with Gasteiger partial charge in [-0.15, -0.1) is 6.42 Å². The van der Waals surface area contributed by atoms with E-state index in [9.17, 15) is 4.79 Å². The largest absolute Gasteiger partial charge is 0.300 e. The predicted molar refractivity (Wildman–Crippen MR) is 107 cm³/mol. The van der Waals surface area contributed by atoms with Crippen molar-refractivity contribution >= 4 is 27.7 Å². The SMILES string of the molecule is C#Cc1c(-c2ccccc2C)nc(SCc2ccccc2Br)[nH]c1=O. The Morgan fingerprint density at radius 1 is 1.20 bits per heavy atom. The first-order chi connectivity index (χ1) is 12.1. The highest BCUT2D eigenvalue weighted by Gasteiger charge is 2.14. The summed E-state index contributed by atoms with van der Waals surface area (Å²) in [5.41, 5.74) is 3.57. The molecule has 25 heavy (non-hydrogen) atoms. The average Bonchev–Trinajstić information content (AvgIpc) is 2.61. The lowest BCUT2D eigenvalue weighted by Gasteiger charge is -2.09. The highest BCUT2D eigenvalue weighted by molar-refractivity contribution is 9.10. The summed E-state index contributed by atoms with van der Waals surface area (Å²) in [6.45, 7) is 1.98. The summed E-state index contributed by atoms with van der Waals surface area (Å²) in [5, 5.41) is 0.554. The Bertz CT molecular complexity index is 1020. The Kier molecular flexibility index (Phi) is 5.42. The van der Waals surface area contributed by atoms with Crippen LogP contribution in [0.25, 0.3) is 11.3 Å². The topological polar surface area (TPSA) is 45.8 Å². The van der Waals surface area contributed by atoms with E-state index in [1.54, 1.807) is 0 Å². The molecule has 3 nitrogen and oxygen atoms in total. The van der Waals surface area contributed by atoms with Crippen molar-refractivity contribution in [2.24, 2.45) is 0 Å². The third-order valence-electron chi connectivity index (χ3n) is 3.76. The summed E-state index contributed by atoms with van der Waals surface area (Å²) in [6.07, 6.45) is 5.55. The summed E-state index contributed by atoms with van der Waals surface area (Å²) in [4.78, 5) is 19.8. The van der Waals surface area contributed by atoms with Gasteiger partial charge in [-0.1, -0.05) is 76.1 Å². The fourth-order valence-corrected chi connectivity index (χ4v) is 3.93. The fraction of sp³-hybridized carbons (Fsp3) is 0.100. The number of hydrogen-bond acceptors (Lipinski definition) is 3. The lowest BCUT2D eigenvalue weighted by Crippen LogP contribution is -2.15. The Morgan fingerprint density at radius 2 is 1.92 bits per heavy atom. The molecule has 0 radical (unpaired) electrons. The minimum absolute atomic E-state index is 0.263. The van der Waals surface area contributed by atoms with Gasteiger partial charge in [0.25, 0.3) is 5.56 Å². The number of nitrogens with one attached hydrogen (secondary N) is 1. The maximum atomic E-state index is 12.4. The van der Waals surface area contributed by atoms with Crippen LogP contribution in [0.4, 0.5) is 0 Å². The van der Waals surface area contributed by atoms with Crippen molar-refractivity contribution in [2.75, 3.05) is 0 Å². The zero-order chi connectivity index (χ0) is 17.8. The van der Waals surface area contributed by atoms with E-state index in [2.05, 4.69) is 31.8 Å². The van der Waals surface area contributed by atoms with Crippen LogP contribution in [0.5, 0.6) is 0 Å². The molecule has 0 saturated carbocycles. The number of aromatic amines is 1. The summed E-state index contributed by atoms with van der Waals surface area (Å²) in [7, 11) is 0. The molecule has 0 aliphatic heterocycles. The van der Waals surface area contributed by atoms with Crippen molar-refractivity contribution in [2.45, 2.75) is 17.8 Å². The highest BCUT2D eigenvalue weighted by Crippen LogP contribution is 2.27. The lowest BCUT2D eigenvalue weighted by molar-refractivity contribution is 0.935. The van der Waals surface area contributed by atoms with E-state index in [1.807, 2.05) is 55.5 Å². The van der Waals surface area contributed by atoms with Gasteiger partial charge in [-0.05, 0) is 24.1 Å². The number of nitrogens with zero attached hydrogens (tertiary/aromatic N) is 1. The number of rotatable bonds is 4. The van der Waals surface area contributed by atoms with E-state index in [1.165, 1.54) is 11.8 Å². The molecule has 5 heteroatoms. The molecule has 0 spiro atoms. The number of aryl methyl sites for hydroxylation is 1. The van der Waals surface area contributed by atoms with Crippen LogP contribution in [-0.4, -0.2) is 9.97 Å². The molecule has 0 bridgehead atoms. The third-order valence-corrected chi connectivity index (χ3v) is 5.46. The zero-order valence-electron chi connectivity index (χ0n) is 13.5. The number of hydrogen-bond donors (Lipinski definition) is 1. The first-order valence-electron chi connectivity index (χ1n) is 7.63. The molecule has 0 saturated heterocycles. The number of halogens is 1. The maximum absolute atomic E-state index is 12.4. The molecule has 0 unspecified atom stereocenters. The second kappa shape index (κ2) is 7.73. The lowest BCUT2D eigenvalue weighted by atomic mass is 10.0. The van der Waals surface area contributed by atoms with Crippen LogP contribution in [0.2, 0.25) is 0 Å². The van der Waals surface area contributed by atoms with Gasteiger partial charge in [-0.25, -0.2) is 4.98 Å². The Balaban J connectivity index is 2.00. The molecular weight excluding hydrogens is 396 g/mol. The zero-order valence-corrected chi connectivity index (χ0v) is 15.9. The van der Waals surface area contributed by atoms with Crippen LogP contribution in [0.15, 0.2) is 63.0 Å². The number of benzene rings is 2. The molecule has 1 N–H and O–H groups in total. The standard InChI is InChI=1S/C20H15BrN2OS/c1-3-15-18(16-10-6-4-8-13(16)2)22-20(23-19(15)24)25-12-14-9-5-7-11-17(14)21/h1,4-11H,12H2,2H3,(H,22,23,24). The van der Waals surface area contributed by atoms with Crippen molar-refractivity contribution in [3.63, 3.8) is 0 Å². The molecule has 0 fully saturated rings. The smallest absolute Gasteiger partial charge is 0.267 e. The molecule has 3 aromatic rings. The first kappa shape index (κ1) is 17.5. The van der Waals surface area contributed by atoms with Gasteiger partial charge in [0.2, 0.25) is 0 Å². The molecule has 0 atom stereocenters. The number of aromatic nitrogens is 2. The summed E-state index contributed by atoms with van der Waals surface area (Å²) >= 11 is 5.01. The predicted octanol–water partition coefficient (Wildman–Crippen LogP) is 4.78. The summed E-state index contributed by atoms with van der Waals surface area (Å²) in [6, 6.07) is 15.8. The van der Waals surface area contributed by atoms with Gasteiger partial charge >= 0.3 is 0 Å². The normalized spacial score (nSPS) is 10.4. The van der Waals surface area contributed by atoms with Gasteiger partial charge in [-0.2, -0.15) is 0 Å². The molecule has 0 aliphatic rings. The minimum atomic E-state index is -0.287. The van der Waals surface area contributed by atoms with Crippen LogP contribution >= 0.6 is 27.7 Å². The molecule has 3 rings (SSSR count). The second-order valence-electron chi connectivity index (χ2n) is 5.43. The molecule has 2 aromatic carbocycles. The van der Waals surface area contributed by atoms with Crippen molar-refractivity contribution in [3.05, 3.63) is 80.0 Å². The van der Waals surface area contributed by atoms with Crippen molar-refractivity contribution in [1.82, 2.24) is 9.97 Å². The number of H-pyrrole nitrogens is 1. The van der Waals surface area contributed by atoms with Gasteiger partial charge < -0.3 is 4.98 Å². The molecule has 124 valence electrons. The van der Waals surface area contributed by atoms with E-state index < -0.39 is 0 Å². The Labute approximate surface area is 159 Å². The summed E-state index contributed by atoms with van der Waals surface area (Å²) < 4.78 is 1.03. The molecule has 0 amide bonds. The molecule has 1 aromatic heterocycles. The summed E-state index contributed by atoms with van der Waals surface area (Å²) in [5.74, 6) is 3.16. The van der Waals surface area contributed by atoms with Crippen LogP contribution < -0.4 is 5.56 Å². The second-order valence-corrected chi connectivity index (χ2v) is 7.25. The van der Waals surface area contributed by atoms with Crippen LogP contribution in [-0.2, 0) is 5.75 Å². The third kappa shape index (κ3) is 3.87. The average molecular weight is 411 g/mol. The van der Waals surface area contributed by atoms with Crippen LogP contribution in [0, 0.1) is 19.3 Å². The van der Waals surface area contributed by atoms with Crippen molar-refractivity contribution < 1.29 is 0 Å². The quantitative estimate of drug-likeness (QED) is 0.382. The van der Waals surface area contributed by atoms with E-state index in [0.717, 1.165) is 21.2 Å². The highest BCUT2D eigenvalue weighted by atomic mass is 79.9. The molecule has 0 aliphatic carbocycles. The van der Waals surface area contributed by atoms with Crippen LogP contribution in [0.1, 0.15) is 16.7 Å². The monoisotopic (exact) mass is 410 g/mol. The maximum Gasteiger partial charge on any atom is 0.267 e. The van der Waals surface area contributed by atoms with Crippen molar-refractivity contribution in [1.29, 1.82) is 0 Å². The molecular formula is C20H15BrN2OS. The van der Waals surface area contributed by atoms with E-state index in [0.29, 0.717) is 16.6 Å². The Hall–Kier alpha value is -2.29. The van der Waals surface area contributed by atoms with Crippen LogP contribution in [0.3, 0.4) is 0 Å². The van der Waals surface area contributed by atoms with Gasteiger partial charge in [0, 0.05) is 15.8 Å². The molecule has 1 heterocycles.